The highest BCUT2D eigenvalue weighted by Crippen LogP contribution is 2.40. The molecule has 3 heterocycles. The van der Waals surface area contributed by atoms with Crippen LogP contribution in [0.4, 0.5) is 0 Å². The zero-order valence-corrected chi connectivity index (χ0v) is 30.6. The number of para-hydroxylation sites is 3. The maximum absolute atomic E-state index is 6.59. The van der Waals surface area contributed by atoms with Crippen molar-refractivity contribution in [3.63, 3.8) is 0 Å². The minimum atomic E-state index is -0.115. The number of rotatable bonds is 6. The molecule has 4 nitrogen and oxygen atoms in total. The lowest BCUT2D eigenvalue weighted by Gasteiger charge is -2.33. The van der Waals surface area contributed by atoms with E-state index in [0.29, 0.717) is 0 Å². The Balaban J connectivity index is 1.00. The average Bonchev–Trinajstić information content (AvgIpc) is 3.83. The summed E-state index contributed by atoms with van der Waals surface area (Å²) in [7, 11) is 0. The van der Waals surface area contributed by atoms with E-state index in [1.165, 1.54) is 44.2 Å². The quantitative estimate of drug-likeness (QED) is 0.180. The summed E-state index contributed by atoms with van der Waals surface area (Å²) in [5, 5.41) is 12.5. The highest BCUT2D eigenvalue weighted by Gasteiger charge is 2.25. The predicted octanol–water partition coefficient (Wildman–Crippen LogP) is 13.0. The Hall–Kier alpha value is -7.14. The number of hydrogen-bond donors (Lipinski definition) is 2. The van der Waals surface area contributed by atoms with Gasteiger partial charge in [0.1, 0.15) is 11.7 Å². The van der Waals surface area contributed by atoms with E-state index in [1.54, 1.807) is 0 Å². The first-order valence-electron chi connectivity index (χ1n) is 19.2. The van der Waals surface area contributed by atoms with Gasteiger partial charge in [-0.1, -0.05) is 164 Å². The lowest BCUT2D eigenvalue weighted by molar-refractivity contribution is 0.443. The molecule has 8 aromatic carbocycles. The average molecular weight is 720 g/mol. The zero-order valence-electron chi connectivity index (χ0n) is 30.6. The van der Waals surface area contributed by atoms with Gasteiger partial charge in [0, 0.05) is 27.2 Å². The Kier molecular flexibility index (Phi) is 7.68. The molecule has 266 valence electrons. The van der Waals surface area contributed by atoms with E-state index in [0.717, 1.165) is 49.9 Å². The van der Waals surface area contributed by atoms with Gasteiger partial charge < -0.3 is 14.3 Å². The van der Waals surface area contributed by atoms with Gasteiger partial charge in [0.05, 0.1) is 22.8 Å². The fourth-order valence-corrected chi connectivity index (χ4v) is 8.53. The molecule has 2 unspecified atom stereocenters. The van der Waals surface area contributed by atoms with E-state index >= 15 is 0 Å². The van der Waals surface area contributed by atoms with E-state index < -0.39 is 0 Å². The molecule has 10 aromatic rings. The first-order valence-corrected chi connectivity index (χ1v) is 19.2. The summed E-state index contributed by atoms with van der Waals surface area (Å²) < 4.78 is 8.96. The Morgan fingerprint density at radius 3 is 1.88 bits per heavy atom. The standard InChI is InChI=1S/C52H37N3O/c1-3-13-34(14-4-1)38-17-11-18-39(31-38)35-25-27-37(28-26-35)52-53-45(36-15-5-2-6-16-36)33-46(54-52)40-29-30-42-41-19-7-9-22-47(41)55(49(42)32-40)48-23-12-21-44-43-20-8-10-24-50(43)56-51(44)48/h1-33,45,52-54H. The van der Waals surface area contributed by atoms with Crippen molar-refractivity contribution in [2.45, 2.75) is 12.2 Å². The molecule has 2 N–H and O–H groups in total. The predicted molar refractivity (Wildman–Crippen MR) is 232 cm³/mol. The van der Waals surface area contributed by atoms with E-state index in [1.807, 2.05) is 6.07 Å². The molecular weight excluding hydrogens is 683 g/mol. The Morgan fingerprint density at radius 2 is 1.05 bits per heavy atom. The van der Waals surface area contributed by atoms with Gasteiger partial charge in [0.15, 0.2) is 5.58 Å². The second kappa shape index (κ2) is 13.3. The van der Waals surface area contributed by atoms with Crippen LogP contribution in [0.5, 0.6) is 0 Å². The van der Waals surface area contributed by atoms with Crippen LogP contribution >= 0.6 is 0 Å². The van der Waals surface area contributed by atoms with Crippen LogP contribution in [-0.4, -0.2) is 4.57 Å². The van der Waals surface area contributed by atoms with Gasteiger partial charge in [-0.15, -0.1) is 0 Å². The van der Waals surface area contributed by atoms with Gasteiger partial charge in [-0.05, 0) is 75.4 Å². The van der Waals surface area contributed by atoms with Crippen molar-refractivity contribution in [3.8, 4) is 27.9 Å². The van der Waals surface area contributed by atoms with E-state index in [9.17, 15) is 0 Å². The van der Waals surface area contributed by atoms with Gasteiger partial charge in [0.25, 0.3) is 0 Å². The molecule has 0 radical (unpaired) electrons. The molecule has 2 atom stereocenters. The molecule has 11 rings (SSSR count). The van der Waals surface area contributed by atoms with Gasteiger partial charge in [-0.3, -0.25) is 5.32 Å². The fraction of sp³-hybridized carbons (Fsp3) is 0.0385. The zero-order chi connectivity index (χ0) is 37.0. The maximum atomic E-state index is 6.59. The minimum absolute atomic E-state index is 0.00512. The van der Waals surface area contributed by atoms with Crippen molar-refractivity contribution in [1.82, 2.24) is 15.2 Å². The van der Waals surface area contributed by atoms with Gasteiger partial charge in [-0.25, -0.2) is 0 Å². The molecule has 0 fully saturated rings. The lowest BCUT2D eigenvalue weighted by Crippen LogP contribution is -2.39. The molecule has 0 saturated carbocycles. The highest BCUT2D eigenvalue weighted by atomic mass is 16.3. The minimum Gasteiger partial charge on any atom is -0.454 e. The van der Waals surface area contributed by atoms with Crippen molar-refractivity contribution in [1.29, 1.82) is 0 Å². The second-order valence-corrected chi connectivity index (χ2v) is 14.6. The number of furan rings is 1. The van der Waals surface area contributed by atoms with E-state index in [4.69, 9.17) is 4.42 Å². The van der Waals surface area contributed by atoms with Crippen LogP contribution in [0.3, 0.4) is 0 Å². The summed E-state index contributed by atoms with van der Waals surface area (Å²) in [5.74, 6) is 0. The molecule has 0 bridgehead atoms. The molecular formula is C52H37N3O. The third kappa shape index (κ3) is 5.50. The molecule has 0 saturated heterocycles. The number of benzene rings is 8. The summed E-state index contributed by atoms with van der Waals surface area (Å²) in [6.07, 6.45) is 2.21. The summed E-state index contributed by atoms with van der Waals surface area (Å²) >= 11 is 0. The van der Waals surface area contributed by atoms with Crippen LogP contribution < -0.4 is 10.6 Å². The summed E-state index contributed by atoms with van der Waals surface area (Å²) in [6, 6.07) is 69.3. The van der Waals surface area contributed by atoms with Crippen LogP contribution in [-0.2, 0) is 0 Å². The number of aromatic nitrogens is 1. The molecule has 0 spiro atoms. The first kappa shape index (κ1) is 32.3. The molecule has 56 heavy (non-hydrogen) atoms. The number of fused-ring (bicyclic) bond motifs is 6. The van der Waals surface area contributed by atoms with Gasteiger partial charge in [-0.2, -0.15) is 0 Å². The maximum Gasteiger partial charge on any atom is 0.159 e. The van der Waals surface area contributed by atoms with Crippen LogP contribution in [0.1, 0.15) is 28.9 Å². The van der Waals surface area contributed by atoms with Crippen molar-refractivity contribution < 1.29 is 4.42 Å². The topological polar surface area (TPSA) is 42.1 Å². The van der Waals surface area contributed by atoms with Crippen LogP contribution in [0, 0.1) is 0 Å². The van der Waals surface area contributed by atoms with Crippen molar-refractivity contribution in [2.24, 2.45) is 0 Å². The molecule has 1 aliphatic heterocycles. The van der Waals surface area contributed by atoms with Crippen molar-refractivity contribution in [2.75, 3.05) is 0 Å². The van der Waals surface area contributed by atoms with E-state index in [-0.39, 0.29) is 12.2 Å². The number of nitrogens with zero attached hydrogens (tertiary/aromatic N) is 1. The molecule has 1 aliphatic rings. The Labute approximate surface area is 325 Å². The third-order valence-corrected chi connectivity index (χ3v) is 11.3. The van der Waals surface area contributed by atoms with Crippen molar-refractivity contribution >= 4 is 49.4 Å². The lowest BCUT2D eigenvalue weighted by atomic mass is 9.96. The highest BCUT2D eigenvalue weighted by molar-refractivity contribution is 6.13. The Bertz CT molecular complexity index is 3080. The first-order chi connectivity index (χ1) is 27.7. The number of nitrogens with one attached hydrogen (secondary N) is 2. The number of hydrogen-bond acceptors (Lipinski definition) is 3. The van der Waals surface area contributed by atoms with Crippen LogP contribution in [0.25, 0.3) is 77.4 Å². The Morgan fingerprint density at radius 1 is 0.429 bits per heavy atom. The van der Waals surface area contributed by atoms with Crippen LogP contribution in [0.15, 0.2) is 205 Å². The molecule has 2 aromatic heterocycles. The van der Waals surface area contributed by atoms with E-state index in [2.05, 4.69) is 209 Å². The van der Waals surface area contributed by atoms with Crippen molar-refractivity contribution in [3.05, 3.63) is 217 Å². The molecule has 0 amide bonds. The summed E-state index contributed by atoms with van der Waals surface area (Å²) in [6.45, 7) is 0. The normalized spacial score (nSPS) is 15.7. The monoisotopic (exact) mass is 719 g/mol. The second-order valence-electron chi connectivity index (χ2n) is 14.6. The van der Waals surface area contributed by atoms with Crippen LogP contribution in [0.2, 0.25) is 0 Å². The largest absolute Gasteiger partial charge is 0.454 e. The summed E-state index contributed by atoms with van der Waals surface area (Å²) in [4.78, 5) is 0. The fourth-order valence-electron chi connectivity index (χ4n) is 8.53. The molecule has 0 aliphatic carbocycles. The molecule has 4 heteroatoms. The van der Waals surface area contributed by atoms with Gasteiger partial charge >= 0.3 is 0 Å². The van der Waals surface area contributed by atoms with Gasteiger partial charge in [0.2, 0.25) is 0 Å². The smallest absolute Gasteiger partial charge is 0.159 e. The third-order valence-electron chi connectivity index (χ3n) is 11.3. The SMILES string of the molecule is C1=C(c2ccc3c4ccccc4n(-c4cccc5c4oc4ccccc45)c3c2)NC(c2ccc(-c3cccc(-c4ccccc4)c3)cc2)NC1c1ccccc1. The summed E-state index contributed by atoms with van der Waals surface area (Å²) in [5.41, 5.74) is 14.5.